The van der Waals surface area contributed by atoms with Gasteiger partial charge < -0.3 is 10.3 Å². The molecule has 27 heavy (non-hydrogen) atoms. The van der Waals surface area contributed by atoms with E-state index < -0.39 is 0 Å². The van der Waals surface area contributed by atoms with Crippen LogP contribution in [0.25, 0.3) is 22.0 Å². The zero-order chi connectivity index (χ0) is 18.5. The van der Waals surface area contributed by atoms with E-state index in [1.807, 2.05) is 12.3 Å². The van der Waals surface area contributed by atoms with Crippen LogP contribution in [0.1, 0.15) is 31.4 Å². The molecular formula is C21H20FN3OS. The Hall–Kier alpha value is -2.31. The van der Waals surface area contributed by atoms with E-state index in [-0.39, 0.29) is 23.8 Å². The number of halogens is 1. The summed E-state index contributed by atoms with van der Waals surface area (Å²) in [4.78, 5) is 16.2. The van der Waals surface area contributed by atoms with Gasteiger partial charge in [-0.3, -0.25) is 4.79 Å². The molecule has 5 rings (SSSR count). The van der Waals surface area contributed by atoms with Crippen molar-refractivity contribution in [1.82, 2.24) is 14.6 Å². The van der Waals surface area contributed by atoms with E-state index in [4.69, 9.17) is 0 Å². The first-order valence-electron chi connectivity index (χ1n) is 9.24. The highest BCUT2D eigenvalue weighted by Gasteiger charge is 2.35. The summed E-state index contributed by atoms with van der Waals surface area (Å²) in [7, 11) is 0. The van der Waals surface area contributed by atoms with Crippen LogP contribution in [0.3, 0.4) is 0 Å². The lowest BCUT2D eigenvalue weighted by atomic mass is 9.98. The molecule has 2 atom stereocenters. The second-order valence-corrected chi connectivity index (χ2v) is 8.31. The number of aromatic nitrogens is 1. The average molecular weight is 381 g/mol. The SMILES string of the molecule is CC1c2cc(-c3c[nH]c4cc(F)ccc34)ccc2SN1C1CCNC(=O)C1. The van der Waals surface area contributed by atoms with Crippen LogP contribution in [0.2, 0.25) is 0 Å². The average Bonchev–Trinajstić information content (AvgIpc) is 3.22. The minimum atomic E-state index is -0.234. The normalized spacial score (nSPS) is 22.8. The van der Waals surface area contributed by atoms with Gasteiger partial charge in [0.15, 0.2) is 0 Å². The zero-order valence-corrected chi connectivity index (χ0v) is 15.8. The summed E-state index contributed by atoms with van der Waals surface area (Å²) >= 11 is 1.76. The van der Waals surface area contributed by atoms with Crippen LogP contribution in [0.15, 0.2) is 47.5 Å². The lowest BCUT2D eigenvalue weighted by Gasteiger charge is -2.32. The van der Waals surface area contributed by atoms with Gasteiger partial charge >= 0.3 is 0 Å². The van der Waals surface area contributed by atoms with Gasteiger partial charge in [-0.15, -0.1) is 0 Å². The van der Waals surface area contributed by atoms with E-state index in [1.165, 1.54) is 22.6 Å². The Morgan fingerprint density at radius 3 is 2.96 bits per heavy atom. The second-order valence-electron chi connectivity index (χ2n) is 7.27. The molecule has 0 radical (unpaired) electrons. The number of nitrogens with one attached hydrogen (secondary N) is 2. The number of H-pyrrole nitrogens is 1. The second kappa shape index (κ2) is 6.39. The lowest BCUT2D eigenvalue weighted by Crippen LogP contribution is -2.42. The maximum absolute atomic E-state index is 13.5. The molecule has 138 valence electrons. The van der Waals surface area contributed by atoms with Gasteiger partial charge in [0.05, 0.1) is 0 Å². The largest absolute Gasteiger partial charge is 0.360 e. The fourth-order valence-corrected chi connectivity index (χ4v) is 5.46. The number of amides is 1. The number of hydrogen-bond acceptors (Lipinski definition) is 3. The molecule has 0 bridgehead atoms. The van der Waals surface area contributed by atoms with Gasteiger partial charge in [0, 0.05) is 52.6 Å². The Morgan fingerprint density at radius 1 is 1.22 bits per heavy atom. The number of piperidine rings is 1. The van der Waals surface area contributed by atoms with E-state index in [2.05, 4.69) is 39.7 Å². The van der Waals surface area contributed by atoms with Gasteiger partial charge in [-0.1, -0.05) is 6.07 Å². The molecule has 2 N–H and O–H groups in total. The quantitative estimate of drug-likeness (QED) is 0.636. The van der Waals surface area contributed by atoms with Gasteiger partial charge in [0.1, 0.15) is 5.82 Å². The van der Waals surface area contributed by atoms with Crippen LogP contribution < -0.4 is 5.32 Å². The van der Waals surface area contributed by atoms with Gasteiger partial charge in [-0.05, 0) is 66.8 Å². The minimum Gasteiger partial charge on any atom is -0.360 e. The Bertz CT molecular complexity index is 1050. The highest BCUT2D eigenvalue weighted by atomic mass is 32.2. The molecule has 1 amide bonds. The molecule has 1 aromatic heterocycles. The first kappa shape index (κ1) is 16.8. The van der Waals surface area contributed by atoms with Crippen molar-refractivity contribution in [3.63, 3.8) is 0 Å². The Balaban J connectivity index is 1.49. The Kier molecular flexibility index (Phi) is 3.98. The third kappa shape index (κ3) is 2.84. The third-order valence-electron chi connectivity index (χ3n) is 5.58. The molecule has 0 aliphatic carbocycles. The van der Waals surface area contributed by atoms with Crippen molar-refractivity contribution < 1.29 is 9.18 Å². The van der Waals surface area contributed by atoms with Crippen molar-refractivity contribution in [1.29, 1.82) is 0 Å². The summed E-state index contributed by atoms with van der Waals surface area (Å²) in [5.74, 6) is -0.0937. The van der Waals surface area contributed by atoms with Crippen LogP contribution in [0.4, 0.5) is 4.39 Å². The van der Waals surface area contributed by atoms with E-state index >= 15 is 0 Å². The minimum absolute atomic E-state index is 0.140. The smallest absolute Gasteiger partial charge is 0.221 e. The third-order valence-corrected chi connectivity index (χ3v) is 6.97. The van der Waals surface area contributed by atoms with Crippen molar-refractivity contribution in [2.75, 3.05) is 6.54 Å². The predicted molar refractivity (Wildman–Crippen MR) is 106 cm³/mol. The van der Waals surface area contributed by atoms with Gasteiger partial charge in [0.25, 0.3) is 0 Å². The first-order valence-corrected chi connectivity index (χ1v) is 10.0. The zero-order valence-electron chi connectivity index (χ0n) is 15.0. The van der Waals surface area contributed by atoms with Crippen molar-refractivity contribution in [2.45, 2.75) is 36.7 Å². The Labute approximate surface area is 161 Å². The van der Waals surface area contributed by atoms with Gasteiger partial charge in [0.2, 0.25) is 5.91 Å². The van der Waals surface area contributed by atoms with Crippen molar-refractivity contribution in [2.24, 2.45) is 0 Å². The summed E-state index contributed by atoms with van der Waals surface area (Å²) in [6.07, 6.45) is 3.49. The summed E-state index contributed by atoms with van der Waals surface area (Å²) in [5, 5.41) is 3.94. The van der Waals surface area contributed by atoms with Crippen LogP contribution in [0, 0.1) is 5.82 Å². The first-order chi connectivity index (χ1) is 13.1. The van der Waals surface area contributed by atoms with E-state index in [0.717, 1.165) is 35.0 Å². The van der Waals surface area contributed by atoms with Gasteiger partial charge in [-0.2, -0.15) is 0 Å². The number of carbonyl (C=O) groups excluding carboxylic acids is 1. The van der Waals surface area contributed by atoms with Crippen molar-refractivity contribution in [3.8, 4) is 11.1 Å². The van der Waals surface area contributed by atoms with E-state index in [0.29, 0.717) is 6.42 Å². The van der Waals surface area contributed by atoms with Crippen LogP contribution >= 0.6 is 11.9 Å². The maximum atomic E-state index is 13.5. The number of aromatic amines is 1. The molecule has 2 unspecified atom stereocenters. The molecule has 1 saturated heterocycles. The molecule has 2 aliphatic heterocycles. The Morgan fingerprint density at radius 2 is 2.11 bits per heavy atom. The molecule has 4 nitrogen and oxygen atoms in total. The molecule has 6 heteroatoms. The summed E-state index contributed by atoms with van der Waals surface area (Å²) < 4.78 is 15.8. The number of carbonyl (C=O) groups is 1. The predicted octanol–water partition coefficient (Wildman–Crippen LogP) is 4.64. The summed E-state index contributed by atoms with van der Waals surface area (Å²) in [6, 6.07) is 11.9. The highest BCUT2D eigenvalue weighted by Crippen LogP contribution is 2.48. The van der Waals surface area contributed by atoms with E-state index in [9.17, 15) is 9.18 Å². The standard InChI is InChI=1S/C21H20FN3OS/c1-12-17-8-13(18-11-24-19-9-14(22)3-4-16(18)19)2-5-20(17)27-25(12)15-6-7-23-21(26)10-15/h2-5,8-9,11-12,15,24H,6-7,10H2,1H3,(H,23,26). The number of rotatable bonds is 2. The molecule has 1 fully saturated rings. The van der Waals surface area contributed by atoms with Crippen LogP contribution in [-0.2, 0) is 4.79 Å². The molecule has 3 heterocycles. The van der Waals surface area contributed by atoms with E-state index in [1.54, 1.807) is 11.9 Å². The van der Waals surface area contributed by atoms with Crippen LogP contribution in [-0.4, -0.2) is 27.8 Å². The maximum Gasteiger partial charge on any atom is 0.221 e. The molecule has 2 aromatic carbocycles. The number of hydrogen-bond donors (Lipinski definition) is 2. The lowest BCUT2D eigenvalue weighted by molar-refractivity contribution is -0.123. The molecule has 0 saturated carbocycles. The molecule has 2 aliphatic rings. The summed E-state index contributed by atoms with van der Waals surface area (Å²) in [6.45, 7) is 2.96. The topological polar surface area (TPSA) is 48.1 Å². The monoisotopic (exact) mass is 381 g/mol. The number of nitrogens with zero attached hydrogens (tertiary/aromatic N) is 1. The number of benzene rings is 2. The van der Waals surface area contributed by atoms with Gasteiger partial charge in [-0.25, -0.2) is 8.70 Å². The molecule has 3 aromatic rings. The van der Waals surface area contributed by atoms with Crippen molar-refractivity contribution in [3.05, 3.63) is 54.0 Å². The fraction of sp³-hybridized carbons (Fsp3) is 0.286. The fourth-order valence-electron chi connectivity index (χ4n) is 4.17. The number of fused-ring (bicyclic) bond motifs is 2. The van der Waals surface area contributed by atoms with Crippen molar-refractivity contribution >= 4 is 28.8 Å². The molecular weight excluding hydrogens is 361 g/mol. The highest BCUT2D eigenvalue weighted by molar-refractivity contribution is 7.97. The molecule has 0 spiro atoms. The van der Waals surface area contributed by atoms with Crippen LogP contribution in [0.5, 0.6) is 0 Å². The summed E-state index contributed by atoms with van der Waals surface area (Å²) in [5.41, 5.74) is 4.31.